The average molecular weight is 280 g/mol. The highest BCUT2D eigenvalue weighted by atomic mass is 32.1. The first kappa shape index (κ1) is 12.5. The van der Waals surface area contributed by atoms with Crippen molar-refractivity contribution < 1.29 is 19.8 Å². The molecule has 2 rings (SSSR count). The van der Waals surface area contributed by atoms with Crippen molar-refractivity contribution in [3.8, 4) is 0 Å². The van der Waals surface area contributed by atoms with Crippen LogP contribution >= 0.6 is 22.7 Å². The fourth-order valence-corrected chi connectivity index (χ4v) is 2.80. The molecule has 0 atom stereocenters. The summed E-state index contributed by atoms with van der Waals surface area (Å²) in [4.78, 5) is 22.1. The van der Waals surface area contributed by atoms with Crippen LogP contribution in [0.3, 0.4) is 0 Å². The third-order valence-electron chi connectivity index (χ3n) is 2.18. The maximum absolute atomic E-state index is 10.9. The van der Waals surface area contributed by atoms with Gasteiger partial charge in [0.25, 0.3) is 0 Å². The lowest BCUT2D eigenvalue weighted by Gasteiger charge is -1.91. The topological polar surface area (TPSA) is 74.6 Å². The van der Waals surface area contributed by atoms with Crippen LogP contribution in [0.15, 0.2) is 22.9 Å². The lowest BCUT2D eigenvalue weighted by molar-refractivity contribution is 0.0691. The molecule has 0 saturated heterocycles. The van der Waals surface area contributed by atoms with Gasteiger partial charge >= 0.3 is 11.9 Å². The molecule has 0 aromatic carbocycles. The zero-order chi connectivity index (χ0) is 13.1. The zero-order valence-corrected chi connectivity index (χ0v) is 10.6. The van der Waals surface area contributed by atoms with Gasteiger partial charge in [-0.3, -0.25) is 0 Å². The molecule has 0 unspecified atom stereocenters. The fraction of sp³-hybridized carbons (Fsp3) is 0. The van der Waals surface area contributed by atoms with Gasteiger partial charge in [-0.25, -0.2) is 9.59 Å². The van der Waals surface area contributed by atoms with E-state index in [1.54, 1.807) is 35.0 Å². The van der Waals surface area contributed by atoms with E-state index < -0.39 is 11.9 Å². The van der Waals surface area contributed by atoms with Crippen LogP contribution in [0.1, 0.15) is 30.5 Å². The Bertz CT molecular complexity index is 622. The lowest BCUT2D eigenvalue weighted by atomic mass is 10.2. The molecule has 4 nitrogen and oxygen atoms in total. The second kappa shape index (κ2) is 5.16. The average Bonchev–Trinajstić information content (AvgIpc) is 2.95. The molecule has 0 radical (unpaired) electrons. The number of rotatable bonds is 4. The quantitative estimate of drug-likeness (QED) is 0.900. The molecule has 2 N–H and O–H groups in total. The molecule has 2 heterocycles. The van der Waals surface area contributed by atoms with Crippen molar-refractivity contribution in [2.24, 2.45) is 0 Å². The number of carboxylic acid groups (broad SMARTS) is 2. The van der Waals surface area contributed by atoms with Gasteiger partial charge in [-0.2, -0.15) is 0 Å². The normalized spacial score (nSPS) is 10.9. The molecule has 18 heavy (non-hydrogen) atoms. The summed E-state index contributed by atoms with van der Waals surface area (Å²) >= 11 is 2.30. The lowest BCUT2D eigenvalue weighted by Crippen LogP contribution is -1.93. The SMILES string of the molecule is O=C(O)c1cc(C=Cc2ccsc2C(=O)O)cs1. The molecular formula is C12H8O4S2. The summed E-state index contributed by atoms with van der Waals surface area (Å²) in [5.74, 6) is -1.91. The standard InChI is InChI=1S/C12H8O4S2/c13-11(14)9-5-7(6-18-9)1-2-8-3-4-17-10(8)12(15)16/h1-6H,(H,13,14)(H,15,16). The molecule has 0 aliphatic carbocycles. The minimum absolute atomic E-state index is 0.262. The van der Waals surface area contributed by atoms with Crippen LogP contribution in [-0.4, -0.2) is 22.2 Å². The number of carboxylic acids is 2. The molecule has 6 heteroatoms. The molecule has 0 fully saturated rings. The highest BCUT2D eigenvalue weighted by Gasteiger charge is 2.09. The Hall–Kier alpha value is -1.92. The Balaban J connectivity index is 2.22. The molecule has 2 aromatic rings. The van der Waals surface area contributed by atoms with E-state index in [0.717, 1.165) is 28.2 Å². The third kappa shape index (κ3) is 2.66. The first-order valence-corrected chi connectivity index (χ1v) is 6.64. The van der Waals surface area contributed by atoms with Crippen LogP contribution in [0.25, 0.3) is 12.2 Å². The summed E-state index contributed by atoms with van der Waals surface area (Å²) in [6.07, 6.45) is 3.38. The Morgan fingerprint density at radius 1 is 1.11 bits per heavy atom. The van der Waals surface area contributed by atoms with E-state index in [1.165, 1.54) is 0 Å². The van der Waals surface area contributed by atoms with E-state index in [-0.39, 0.29) is 9.75 Å². The summed E-state index contributed by atoms with van der Waals surface area (Å²) < 4.78 is 0. The van der Waals surface area contributed by atoms with Crippen molar-refractivity contribution in [2.75, 3.05) is 0 Å². The number of aromatic carboxylic acids is 2. The summed E-state index contributed by atoms with van der Waals surface area (Å²) in [6.45, 7) is 0. The molecule has 0 bridgehead atoms. The number of hydrogen-bond donors (Lipinski definition) is 2. The molecule has 2 aromatic heterocycles. The van der Waals surface area contributed by atoms with E-state index in [0.29, 0.717) is 5.56 Å². The van der Waals surface area contributed by atoms with Gasteiger partial charge < -0.3 is 10.2 Å². The minimum atomic E-state index is -0.957. The fourth-order valence-electron chi connectivity index (χ4n) is 1.36. The minimum Gasteiger partial charge on any atom is -0.477 e. The van der Waals surface area contributed by atoms with Crippen molar-refractivity contribution in [3.63, 3.8) is 0 Å². The molecule has 0 aliphatic rings. The largest absolute Gasteiger partial charge is 0.477 e. The van der Waals surface area contributed by atoms with Gasteiger partial charge in [-0.1, -0.05) is 12.2 Å². The Morgan fingerprint density at radius 2 is 1.89 bits per heavy atom. The molecular weight excluding hydrogens is 272 g/mol. The summed E-state index contributed by atoms with van der Waals surface area (Å²) in [6, 6.07) is 3.27. The van der Waals surface area contributed by atoms with E-state index in [1.807, 2.05) is 0 Å². The molecule has 0 aliphatic heterocycles. The predicted molar refractivity (Wildman–Crippen MR) is 71.5 cm³/mol. The molecule has 92 valence electrons. The number of carbonyl (C=O) groups is 2. The second-order valence-electron chi connectivity index (χ2n) is 3.39. The number of hydrogen-bond acceptors (Lipinski definition) is 4. The van der Waals surface area contributed by atoms with Crippen LogP contribution in [0, 0.1) is 0 Å². The van der Waals surface area contributed by atoms with Crippen LogP contribution < -0.4 is 0 Å². The Morgan fingerprint density at radius 3 is 2.50 bits per heavy atom. The van der Waals surface area contributed by atoms with Gasteiger partial charge in [0.1, 0.15) is 9.75 Å². The first-order chi connectivity index (χ1) is 8.58. The van der Waals surface area contributed by atoms with Gasteiger partial charge in [0.15, 0.2) is 0 Å². The van der Waals surface area contributed by atoms with Crippen LogP contribution in [-0.2, 0) is 0 Å². The van der Waals surface area contributed by atoms with E-state index in [4.69, 9.17) is 10.2 Å². The Labute approximate surface area is 110 Å². The highest BCUT2D eigenvalue weighted by Crippen LogP contribution is 2.21. The van der Waals surface area contributed by atoms with Crippen molar-refractivity contribution in [3.05, 3.63) is 43.8 Å². The maximum atomic E-state index is 10.9. The van der Waals surface area contributed by atoms with Crippen LogP contribution in [0.4, 0.5) is 0 Å². The third-order valence-corrected chi connectivity index (χ3v) is 4.03. The van der Waals surface area contributed by atoms with Gasteiger partial charge in [0.2, 0.25) is 0 Å². The summed E-state index contributed by atoms with van der Waals surface area (Å²) in [5.41, 5.74) is 1.37. The molecule has 0 spiro atoms. The summed E-state index contributed by atoms with van der Waals surface area (Å²) in [7, 11) is 0. The Kier molecular flexibility index (Phi) is 3.59. The van der Waals surface area contributed by atoms with E-state index in [9.17, 15) is 9.59 Å². The predicted octanol–water partition coefficient (Wildman–Crippen LogP) is 3.38. The molecule has 0 amide bonds. The highest BCUT2D eigenvalue weighted by molar-refractivity contribution is 7.12. The van der Waals surface area contributed by atoms with Crippen molar-refractivity contribution in [1.29, 1.82) is 0 Å². The molecule has 0 saturated carbocycles. The van der Waals surface area contributed by atoms with Gasteiger partial charge in [0, 0.05) is 0 Å². The van der Waals surface area contributed by atoms with Gasteiger partial charge in [-0.15, -0.1) is 22.7 Å². The van der Waals surface area contributed by atoms with Crippen molar-refractivity contribution >= 4 is 46.8 Å². The van der Waals surface area contributed by atoms with Crippen LogP contribution in [0.5, 0.6) is 0 Å². The number of thiophene rings is 2. The van der Waals surface area contributed by atoms with Gasteiger partial charge in [0.05, 0.1) is 0 Å². The zero-order valence-electron chi connectivity index (χ0n) is 8.99. The monoisotopic (exact) mass is 280 g/mol. The second-order valence-corrected chi connectivity index (χ2v) is 5.22. The smallest absolute Gasteiger partial charge is 0.346 e. The summed E-state index contributed by atoms with van der Waals surface area (Å²) in [5, 5.41) is 21.1. The van der Waals surface area contributed by atoms with Crippen molar-refractivity contribution in [1.82, 2.24) is 0 Å². The van der Waals surface area contributed by atoms with Crippen molar-refractivity contribution in [2.45, 2.75) is 0 Å². The maximum Gasteiger partial charge on any atom is 0.346 e. The van der Waals surface area contributed by atoms with E-state index >= 15 is 0 Å². The first-order valence-electron chi connectivity index (χ1n) is 4.88. The van der Waals surface area contributed by atoms with Crippen LogP contribution in [0.2, 0.25) is 0 Å². The van der Waals surface area contributed by atoms with E-state index in [2.05, 4.69) is 0 Å². The van der Waals surface area contributed by atoms with Gasteiger partial charge in [-0.05, 0) is 34.0 Å².